The van der Waals surface area contributed by atoms with E-state index in [0.29, 0.717) is 5.69 Å². The third-order valence-electron chi connectivity index (χ3n) is 2.60. The van der Waals surface area contributed by atoms with Crippen molar-refractivity contribution < 1.29 is 19.6 Å². The van der Waals surface area contributed by atoms with E-state index in [-0.39, 0.29) is 30.5 Å². The number of carbonyl (C=O) groups is 1. The van der Waals surface area contributed by atoms with E-state index in [1.165, 1.54) is 6.07 Å². The first-order chi connectivity index (χ1) is 9.32. The van der Waals surface area contributed by atoms with Gasteiger partial charge in [-0.1, -0.05) is 6.07 Å². The van der Waals surface area contributed by atoms with E-state index in [1.807, 2.05) is 0 Å². The van der Waals surface area contributed by atoms with Gasteiger partial charge in [-0.3, -0.25) is 14.9 Å². The molecule has 0 radical (unpaired) electrons. The van der Waals surface area contributed by atoms with Crippen molar-refractivity contribution in [2.24, 2.45) is 0 Å². The lowest BCUT2D eigenvalue weighted by Crippen LogP contribution is -2.22. The fraction of sp³-hybridized carbons (Fsp3) is 0.462. The molecule has 0 aliphatic rings. The van der Waals surface area contributed by atoms with E-state index in [0.717, 1.165) is 0 Å². The lowest BCUT2D eigenvalue weighted by molar-refractivity contribution is -0.385. The molecule has 7 nitrogen and oxygen atoms in total. The number of carboxylic acid groups (broad SMARTS) is 1. The van der Waals surface area contributed by atoms with Gasteiger partial charge in [0.25, 0.3) is 0 Å². The zero-order chi connectivity index (χ0) is 15.3. The zero-order valence-corrected chi connectivity index (χ0v) is 11.7. The summed E-state index contributed by atoms with van der Waals surface area (Å²) >= 11 is 0. The van der Waals surface area contributed by atoms with Crippen molar-refractivity contribution in [1.29, 1.82) is 0 Å². The van der Waals surface area contributed by atoms with Crippen molar-refractivity contribution in [2.45, 2.75) is 26.4 Å². The van der Waals surface area contributed by atoms with Crippen LogP contribution in [-0.2, 0) is 4.79 Å². The monoisotopic (exact) mass is 282 g/mol. The summed E-state index contributed by atoms with van der Waals surface area (Å²) < 4.78 is 5.44. The lowest BCUT2D eigenvalue weighted by Gasteiger charge is -2.20. The first-order valence-electron chi connectivity index (χ1n) is 6.20. The number of rotatable bonds is 7. The Labute approximate surface area is 116 Å². The van der Waals surface area contributed by atoms with Crippen LogP contribution < -0.4 is 9.64 Å². The Kier molecular flexibility index (Phi) is 5.31. The smallest absolute Gasteiger partial charge is 0.333 e. The molecule has 0 aliphatic carbocycles. The average molecular weight is 282 g/mol. The van der Waals surface area contributed by atoms with Gasteiger partial charge in [0.2, 0.25) is 0 Å². The van der Waals surface area contributed by atoms with Crippen molar-refractivity contribution >= 4 is 17.3 Å². The zero-order valence-electron chi connectivity index (χ0n) is 11.7. The Morgan fingerprint density at radius 1 is 1.50 bits per heavy atom. The maximum Gasteiger partial charge on any atom is 0.333 e. The van der Waals surface area contributed by atoms with Gasteiger partial charge < -0.3 is 14.7 Å². The number of hydrogen-bond acceptors (Lipinski definition) is 5. The number of benzene rings is 1. The molecule has 110 valence electrons. The first-order valence-corrected chi connectivity index (χ1v) is 6.20. The molecule has 20 heavy (non-hydrogen) atoms. The molecule has 7 heteroatoms. The minimum atomic E-state index is -0.950. The Hall–Kier alpha value is -2.31. The van der Waals surface area contributed by atoms with Crippen LogP contribution in [-0.4, -0.2) is 35.7 Å². The number of nitrogens with zero attached hydrogens (tertiary/aromatic N) is 2. The van der Waals surface area contributed by atoms with Crippen LogP contribution in [0.15, 0.2) is 18.2 Å². The van der Waals surface area contributed by atoms with Crippen LogP contribution in [0.4, 0.5) is 11.4 Å². The van der Waals surface area contributed by atoms with Crippen molar-refractivity contribution in [3.63, 3.8) is 0 Å². The molecule has 0 spiro atoms. The SMILES string of the molecule is CC(C)Oc1cccc(N(C)CCC(=O)O)c1[N+](=O)[O-]. The summed E-state index contributed by atoms with van der Waals surface area (Å²) in [5.41, 5.74) is 0.198. The van der Waals surface area contributed by atoms with E-state index in [2.05, 4.69) is 0 Å². The van der Waals surface area contributed by atoms with Gasteiger partial charge in [0.1, 0.15) is 5.69 Å². The number of aliphatic carboxylic acids is 1. The van der Waals surface area contributed by atoms with Crippen LogP contribution in [0.1, 0.15) is 20.3 Å². The molecule has 0 saturated heterocycles. The predicted octanol–water partition coefficient (Wildman–Crippen LogP) is 2.29. The Morgan fingerprint density at radius 3 is 2.65 bits per heavy atom. The summed E-state index contributed by atoms with van der Waals surface area (Å²) in [6.07, 6.45) is -0.281. The largest absolute Gasteiger partial charge is 0.484 e. The van der Waals surface area contributed by atoms with Gasteiger partial charge >= 0.3 is 11.7 Å². The predicted molar refractivity (Wildman–Crippen MR) is 74.4 cm³/mol. The summed E-state index contributed by atoms with van der Waals surface area (Å²) in [5.74, 6) is -0.765. The molecule has 0 saturated carbocycles. The topological polar surface area (TPSA) is 92.9 Å². The van der Waals surface area contributed by atoms with Crippen LogP contribution in [0, 0.1) is 10.1 Å². The molecule has 1 N–H and O–H groups in total. The quantitative estimate of drug-likeness (QED) is 0.609. The van der Waals surface area contributed by atoms with Crippen LogP contribution in [0.3, 0.4) is 0 Å². The van der Waals surface area contributed by atoms with Crippen LogP contribution in [0.5, 0.6) is 5.75 Å². The van der Waals surface area contributed by atoms with Gasteiger partial charge in [-0.25, -0.2) is 0 Å². The molecule has 0 fully saturated rings. The van der Waals surface area contributed by atoms with Gasteiger partial charge in [0.15, 0.2) is 5.75 Å². The molecule has 0 amide bonds. The summed E-state index contributed by atoms with van der Waals surface area (Å²) in [5, 5.41) is 19.9. The number of nitro groups is 1. The highest BCUT2D eigenvalue weighted by Crippen LogP contribution is 2.37. The second-order valence-electron chi connectivity index (χ2n) is 4.61. The minimum absolute atomic E-state index is 0.0943. The highest BCUT2D eigenvalue weighted by Gasteiger charge is 2.24. The van der Waals surface area contributed by atoms with Gasteiger partial charge in [-0.2, -0.15) is 0 Å². The molecule has 0 aromatic heterocycles. The molecule has 0 atom stereocenters. The first kappa shape index (κ1) is 15.7. The minimum Gasteiger partial charge on any atom is -0.484 e. The number of hydrogen-bond donors (Lipinski definition) is 1. The Balaban J connectivity index is 3.11. The molecular formula is C13H18N2O5. The summed E-state index contributed by atoms with van der Waals surface area (Å²) in [6, 6.07) is 4.76. The molecule has 1 aromatic carbocycles. The van der Waals surface area contributed by atoms with Gasteiger partial charge in [-0.15, -0.1) is 0 Å². The third kappa shape index (κ3) is 4.11. The van der Waals surface area contributed by atoms with Crippen LogP contribution >= 0.6 is 0 Å². The van der Waals surface area contributed by atoms with Gasteiger partial charge in [0, 0.05) is 13.6 Å². The van der Waals surface area contributed by atoms with E-state index in [1.54, 1.807) is 37.9 Å². The third-order valence-corrected chi connectivity index (χ3v) is 2.60. The maximum atomic E-state index is 11.2. The van der Waals surface area contributed by atoms with Crippen molar-refractivity contribution in [2.75, 3.05) is 18.5 Å². The number of ether oxygens (including phenoxy) is 1. The van der Waals surface area contributed by atoms with Crippen LogP contribution in [0.2, 0.25) is 0 Å². The summed E-state index contributed by atoms with van der Waals surface area (Å²) in [4.78, 5) is 22.9. The molecule has 0 heterocycles. The average Bonchev–Trinajstić information content (AvgIpc) is 2.34. The standard InChI is InChI=1S/C13H18N2O5/c1-9(2)20-11-6-4-5-10(13(11)15(18)19)14(3)8-7-12(16)17/h4-6,9H,7-8H2,1-3H3,(H,16,17). The Morgan fingerprint density at radius 2 is 2.15 bits per heavy atom. The van der Waals surface area contributed by atoms with Crippen molar-refractivity contribution in [1.82, 2.24) is 0 Å². The van der Waals surface area contributed by atoms with E-state index in [9.17, 15) is 14.9 Å². The number of nitro benzene ring substituents is 1. The molecule has 1 aromatic rings. The Bertz CT molecular complexity index is 502. The molecule has 0 bridgehead atoms. The number of anilines is 1. The van der Waals surface area contributed by atoms with Gasteiger partial charge in [-0.05, 0) is 26.0 Å². The van der Waals surface area contributed by atoms with E-state index < -0.39 is 10.9 Å². The highest BCUT2D eigenvalue weighted by molar-refractivity contribution is 5.71. The molecule has 0 aliphatic heterocycles. The summed E-state index contributed by atoms with van der Waals surface area (Å²) in [6.45, 7) is 3.75. The molecule has 1 rings (SSSR count). The van der Waals surface area contributed by atoms with Crippen molar-refractivity contribution in [3.8, 4) is 5.75 Å². The fourth-order valence-electron chi connectivity index (χ4n) is 1.74. The second kappa shape index (κ2) is 6.74. The molecular weight excluding hydrogens is 264 g/mol. The highest BCUT2D eigenvalue weighted by atomic mass is 16.6. The lowest BCUT2D eigenvalue weighted by atomic mass is 10.2. The van der Waals surface area contributed by atoms with Crippen molar-refractivity contribution in [3.05, 3.63) is 28.3 Å². The number of para-hydroxylation sites is 1. The summed E-state index contributed by atoms with van der Waals surface area (Å²) in [7, 11) is 1.62. The normalized spacial score (nSPS) is 10.4. The van der Waals surface area contributed by atoms with E-state index >= 15 is 0 Å². The van der Waals surface area contributed by atoms with Gasteiger partial charge in [0.05, 0.1) is 17.4 Å². The number of carboxylic acids is 1. The van der Waals surface area contributed by atoms with E-state index in [4.69, 9.17) is 9.84 Å². The fourth-order valence-corrected chi connectivity index (χ4v) is 1.74. The van der Waals surface area contributed by atoms with Crippen LogP contribution in [0.25, 0.3) is 0 Å². The maximum absolute atomic E-state index is 11.2. The molecule has 0 unspecified atom stereocenters. The second-order valence-corrected chi connectivity index (χ2v) is 4.61.